The van der Waals surface area contributed by atoms with Gasteiger partial charge in [-0.2, -0.15) is 0 Å². The molecular weight excluding hydrogens is 403 g/mol. The van der Waals surface area contributed by atoms with Crippen LogP contribution in [0.5, 0.6) is 11.5 Å². The highest BCUT2D eigenvalue weighted by Gasteiger charge is 2.11. The van der Waals surface area contributed by atoms with Crippen molar-refractivity contribution in [2.24, 2.45) is 0 Å². The SMILES string of the molecule is C=CCOc1c(Br)cc(CNCCCNCC)cc1OC.Cl.Cl. The van der Waals surface area contributed by atoms with Gasteiger partial charge in [-0.15, -0.1) is 24.8 Å². The number of hydrogen-bond donors (Lipinski definition) is 2. The molecule has 4 nitrogen and oxygen atoms in total. The van der Waals surface area contributed by atoms with Gasteiger partial charge in [-0.1, -0.05) is 19.6 Å². The lowest BCUT2D eigenvalue weighted by Crippen LogP contribution is -2.21. The van der Waals surface area contributed by atoms with Crippen LogP contribution in [0.3, 0.4) is 0 Å². The van der Waals surface area contributed by atoms with Gasteiger partial charge in [-0.3, -0.25) is 0 Å². The molecule has 0 aromatic heterocycles. The monoisotopic (exact) mass is 428 g/mol. The highest BCUT2D eigenvalue weighted by Crippen LogP contribution is 2.36. The van der Waals surface area contributed by atoms with Gasteiger partial charge in [0.25, 0.3) is 0 Å². The number of hydrogen-bond acceptors (Lipinski definition) is 4. The van der Waals surface area contributed by atoms with E-state index in [0.717, 1.165) is 48.4 Å². The molecular formula is C16H27BrCl2N2O2. The molecule has 1 aromatic rings. The zero-order chi connectivity index (χ0) is 15.5. The van der Waals surface area contributed by atoms with Crippen molar-refractivity contribution in [3.63, 3.8) is 0 Å². The summed E-state index contributed by atoms with van der Waals surface area (Å²) in [5.41, 5.74) is 1.16. The minimum atomic E-state index is 0. The molecule has 0 aliphatic rings. The van der Waals surface area contributed by atoms with E-state index in [9.17, 15) is 0 Å². The molecule has 0 aliphatic heterocycles. The second-order valence-electron chi connectivity index (χ2n) is 4.59. The van der Waals surface area contributed by atoms with Crippen LogP contribution in [0, 0.1) is 0 Å². The molecule has 0 aliphatic carbocycles. The van der Waals surface area contributed by atoms with Crippen LogP contribution in [0.25, 0.3) is 0 Å². The van der Waals surface area contributed by atoms with Gasteiger partial charge >= 0.3 is 0 Å². The van der Waals surface area contributed by atoms with Crippen molar-refractivity contribution in [2.75, 3.05) is 33.4 Å². The highest BCUT2D eigenvalue weighted by molar-refractivity contribution is 9.10. The second-order valence-corrected chi connectivity index (χ2v) is 5.45. The Kier molecular flexibility index (Phi) is 16.3. The van der Waals surface area contributed by atoms with E-state index in [-0.39, 0.29) is 24.8 Å². The van der Waals surface area contributed by atoms with Crippen molar-refractivity contribution in [1.29, 1.82) is 0 Å². The molecule has 0 saturated carbocycles. The van der Waals surface area contributed by atoms with E-state index in [4.69, 9.17) is 9.47 Å². The Hall–Kier alpha value is -0.460. The third-order valence-electron chi connectivity index (χ3n) is 2.92. The lowest BCUT2D eigenvalue weighted by Gasteiger charge is -2.14. The fraction of sp³-hybridized carbons (Fsp3) is 0.500. The normalized spacial score (nSPS) is 9.52. The van der Waals surface area contributed by atoms with Crippen LogP contribution in [0.1, 0.15) is 18.9 Å². The Morgan fingerprint density at radius 2 is 1.91 bits per heavy atom. The molecule has 0 radical (unpaired) electrons. The predicted octanol–water partition coefficient (Wildman–Crippen LogP) is 3.96. The van der Waals surface area contributed by atoms with Crippen molar-refractivity contribution in [3.05, 3.63) is 34.8 Å². The van der Waals surface area contributed by atoms with Crippen molar-refractivity contribution >= 4 is 40.7 Å². The van der Waals surface area contributed by atoms with Gasteiger partial charge in [0.05, 0.1) is 11.6 Å². The van der Waals surface area contributed by atoms with Crippen molar-refractivity contribution < 1.29 is 9.47 Å². The summed E-state index contributed by atoms with van der Waals surface area (Å²) < 4.78 is 11.9. The molecule has 0 saturated heterocycles. The van der Waals surface area contributed by atoms with Crippen molar-refractivity contribution in [2.45, 2.75) is 19.9 Å². The van der Waals surface area contributed by atoms with Gasteiger partial charge in [0.1, 0.15) is 6.61 Å². The quantitative estimate of drug-likeness (QED) is 0.412. The minimum Gasteiger partial charge on any atom is -0.493 e. The third-order valence-corrected chi connectivity index (χ3v) is 3.51. The van der Waals surface area contributed by atoms with E-state index < -0.39 is 0 Å². The maximum Gasteiger partial charge on any atom is 0.175 e. The topological polar surface area (TPSA) is 42.5 Å². The van der Waals surface area contributed by atoms with Crippen molar-refractivity contribution in [1.82, 2.24) is 10.6 Å². The fourth-order valence-electron chi connectivity index (χ4n) is 1.91. The van der Waals surface area contributed by atoms with Gasteiger partial charge in [-0.25, -0.2) is 0 Å². The number of nitrogens with one attached hydrogen (secondary N) is 2. The van der Waals surface area contributed by atoms with Crippen LogP contribution >= 0.6 is 40.7 Å². The van der Waals surface area contributed by atoms with Crippen LogP contribution in [0.15, 0.2) is 29.3 Å². The summed E-state index contributed by atoms with van der Waals surface area (Å²) in [6, 6.07) is 4.05. The Morgan fingerprint density at radius 1 is 1.22 bits per heavy atom. The zero-order valence-corrected chi connectivity index (χ0v) is 16.9. The number of halogens is 3. The summed E-state index contributed by atoms with van der Waals surface area (Å²) in [5, 5.41) is 6.74. The largest absolute Gasteiger partial charge is 0.493 e. The first-order valence-corrected chi connectivity index (χ1v) is 8.03. The smallest absolute Gasteiger partial charge is 0.175 e. The summed E-state index contributed by atoms with van der Waals surface area (Å²) in [7, 11) is 1.65. The van der Waals surface area contributed by atoms with E-state index in [2.05, 4.69) is 46.1 Å². The molecule has 0 heterocycles. The van der Waals surface area contributed by atoms with Crippen LogP contribution in [0.2, 0.25) is 0 Å². The van der Waals surface area contributed by atoms with E-state index >= 15 is 0 Å². The van der Waals surface area contributed by atoms with Crippen LogP contribution in [-0.2, 0) is 6.54 Å². The molecule has 2 N–H and O–H groups in total. The first-order chi connectivity index (χ1) is 10.2. The molecule has 0 spiro atoms. The number of rotatable bonds is 11. The van der Waals surface area contributed by atoms with E-state index in [1.165, 1.54) is 0 Å². The molecule has 0 atom stereocenters. The Morgan fingerprint density at radius 3 is 2.52 bits per heavy atom. The van der Waals surface area contributed by atoms with Gasteiger partial charge in [0, 0.05) is 6.54 Å². The van der Waals surface area contributed by atoms with E-state index in [1.54, 1.807) is 13.2 Å². The molecule has 7 heteroatoms. The Labute approximate surface area is 160 Å². The molecule has 0 amide bonds. The van der Waals surface area contributed by atoms with E-state index in [1.807, 2.05) is 6.07 Å². The van der Waals surface area contributed by atoms with Gasteiger partial charge < -0.3 is 20.1 Å². The molecule has 23 heavy (non-hydrogen) atoms. The zero-order valence-electron chi connectivity index (χ0n) is 13.7. The lowest BCUT2D eigenvalue weighted by atomic mass is 10.2. The Bertz CT molecular complexity index is 448. The summed E-state index contributed by atoms with van der Waals surface area (Å²) in [4.78, 5) is 0. The first-order valence-electron chi connectivity index (χ1n) is 7.24. The van der Waals surface area contributed by atoms with Gasteiger partial charge in [-0.05, 0) is 59.7 Å². The molecule has 1 aromatic carbocycles. The summed E-state index contributed by atoms with van der Waals surface area (Å²) in [6.07, 6.45) is 2.83. The summed E-state index contributed by atoms with van der Waals surface area (Å²) in [5.74, 6) is 1.45. The maximum atomic E-state index is 5.61. The average molecular weight is 430 g/mol. The van der Waals surface area contributed by atoms with Crippen LogP contribution in [0.4, 0.5) is 0 Å². The molecule has 0 bridgehead atoms. The number of ether oxygens (including phenoxy) is 2. The van der Waals surface area contributed by atoms with Gasteiger partial charge in [0.15, 0.2) is 11.5 Å². The standard InChI is InChI=1S/C16H25BrN2O2.2ClH/c1-4-9-21-16-14(17)10-13(11-15(16)20-3)12-19-8-6-7-18-5-2;;/h4,10-11,18-19H,1,5-9,12H2,2-3H3;2*1H. The molecule has 0 fully saturated rings. The van der Waals surface area contributed by atoms with E-state index in [0.29, 0.717) is 12.4 Å². The maximum absolute atomic E-state index is 5.61. The molecule has 0 unspecified atom stereocenters. The third kappa shape index (κ3) is 9.42. The minimum absolute atomic E-state index is 0. The Balaban J connectivity index is 0. The fourth-order valence-corrected chi connectivity index (χ4v) is 2.51. The average Bonchev–Trinajstić information content (AvgIpc) is 2.49. The second kappa shape index (κ2) is 15.1. The van der Waals surface area contributed by atoms with Crippen LogP contribution in [-0.4, -0.2) is 33.4 Å². The highest BCUT2D eigenvalue weighted by atomic mass is 79.9. The van der Waals surface area contributed by atoms with Gasteiger partial charge in [0.2, 0.25) is 0 Å². The lowest BCUT2D eigenvalue weighted by molar-refractivity contribution is 0.324. The van der Waals surface area contributed by atoms with Crippen molar-refractivity contribution in [3.8, 4) is 11.5 Å². The number of methoxy groups -OCH3 is 1. The first kappa shape index (κ1) is 24.8. The molecule has 134 valence electrons. The number of benzene rings is 1. The summed E-state index contributed by atoms with van der Waals surface area (Å²) >= 11 is 3.54. The summed E-state index contributed by atoms with van der Waals surface area (Å²) in [6.45, 7) is 10.1. The predicted molar refractivity (Wildman–Crippen MR) is 106 cm³/mol. The van der Waals surface area contributed by atoms with Crippen LogP contribution < -0.4 is 20.1 Å². The molecule has 1 rings (SSSR count).